The first-order valence-electron chi connectivity index (χ1n) is 12.3. The minimum absolute atomic E-state index is 0.00448. The molecule has 1 N–H and O–H groups in total. The maximum Gasteiger partial charge on any atom is 0.322 e. The van der Waals surface area contributed by atoms with Crippen LogP contribution in [0.5, 0.6) is 0 Å². The van der Waals surface area contributed by atoms with Crippen molar-refractivity contribution in [2.24, 2.45) is 0 Å². The maximum atomic E-state index is 13.1. The molecule has 1 aromatic heterocycles. The van der Waals surface area contributed by atoms with Gasteiger partial charge >= 0.3 is 6.01 Å². The van der Waals surface area contributed by atoms with Gasteiger partial charge in [-0.1, -0.05) is 50.8 Å². The van der Waals surface area contributed by atoms with Crippen LogP contribution in [0.1, 0.15) is 68.3 Å². The van der Waals surface area contributed by atoms with Gasteiger partial charge in [-0.05, 0) is 60.6 Å². The molecule has 1 heterocycles. The normalized spacial score (nSPS) is 11.7. The molecule has 3 aromatic rings. The number of hydrogen-bond donors (Lipinski definition) is 1. The molecule has 36 heavy (non-hydrogen) atoms. The molecule has 1 amide bonds. The van der Waals surface area contributed by atoms with Crippen LogP contribution in [0.3, 0.4) is 0 Å². The lowest BCUT2D eigenvalue weighted by atomic mass is 10.1. The number of unbranched alkanes of at least 4 members (excludes halogenated alkanes) is 2. The van der Waals surface area contributed by atoms with Gasteiger partial charge in [-0.25, -0.2) is 8.42 Å². The van der Waals surface area contributed by atoms with Gasteiger partial charge in [0.2, 0.25) is 15.9 Å². The van der Waals surface area contributed by atoms with Crippen molar-refractivity contribution in [2.45, 2.75) is 62.7 Å². The smallest absolute Gasteiger partial charge is 0.322 e. The van der Waals surface area contributed by atoms with Gasteiger partial charge in [0.05, 0.1) is 11.3 Å². The molecule has 0 saturated heterocycles. The molecular formula is C26H34N4O4S2. The van der Waals surface area contributed by atoms with Gasteiger partial charge in [-0.15, -0.1) is 16.9 Å². The van der Waals surface area contributed by atoms with E-state index in [4.69, 9.17) is 4.42 Å². The number of benzene rings is 2. The van der Waals surface area contributed by atoms with E-state index in [1.807, 2.05) is 26.0 Å². The number of carbonyl (C=O) groups is 1. The largest absolute Gasteiger partial charge is 0.407 e. The van der Waals surface area contributed by atoms with Crippen molar-refractivity contribution < 1.29 is 17.6 Å². The molecule has 10 heteroatoms. The molecule has 194 valence electrons. The Morgan fingerprint density at radius 3 is 2.17 bits per heavy atom. The second kappa shape index (κ2) is 13.6. The highest BCUT2D eigenvalue weighted by Crippen LogP contribution is 2.21. The number of amides is 1. The number of carbonyl (C=O) groups excluding carboxylic acids is 1. The second-order valence-corrected chi connectivity index (χ2v) is 11.6. The zero-order chi connectivity index (χ0) is 26.0. The lowest BCUT2D eigenvalue weighted by Gasteiger charge is -2.22. The van der Waals surface area contributed by atoms with Crippen LogP contribution in [-0.4, -0.2) is 47.7 Å². The Morgan fingerprint density at radius 1 is 0.944 bits per heavy atom. The Balaban J connectivity index is 1.63. The van der Waals surface area contributed by atoms with Crippen LogP contribution in [0.2, 0.25) is 0 Å². The number of hydrogen-bond acceptors (Lipinski definition) is 7. The zero-order valence-corrected chi connectivity index (χ0v) is 22.7. The molecule has 0 spiro atoms. The molecule has 0 atom stereocenters. The van der Waals surface area contributed by atoms with Crippen LogP contribution in [0.25, 0.3) is 0 Å². The third-order valence-electron chi connectivity index (χ3n) is 5.55. The summed E-state index contributed by atoms with van der Waals surface area (Å²) in [6, 6.07) is 14.1. The topological polar surface area (TPSA) is 105 Å². The Labute approximate surface area is 217 Å². The van der Waals surface area contributed by atoms with Crippen LogP contribution in [0.4, 0.5) is 6.01 Å². The number of rotatable bonds is 14. The van der Waals surface area contributed by atoms with E-state index in [1.165, 1.54) is 33.5 Å². The molecule has 0 aliphatic heterocycles. The number of nitrogens with zero attached hydrogens (tertiary/aromatic N) is 3. The van der Waals surface area contributed by atoms with Crippen molar-refractivity contribution in [3.63, 3.8) is 0 Å². The second-order valence-electron chi connectivity index (χ2n) is 8.34. The standard InChI is InChI=1S/C26H34N4O4S2/c1-4-7-17-30(18-8-5-2)36(32,33)23-15-11-21(12-16-23)25(31)27-26-29-28-24(34-26)19-20-9-13-22(14-10-20)35-6-3/h9-16H,4-8,17-19H2,1-3H3,(H,27,29,31). The molecule has 3 rings (SSSR count). The molecule has 0 aliphatic rings. The van der Waals surface area contributed by atoms with Crippen molar-refractivity contribution in [1.82, 2.24) is 14.5 Å². The van der Waals surface area contributed by atoms with E-state index in [9.17, 15) is 13.2 Å². The summed E-state index contributed by atoms with van der Waals surface area (Å²) in [4.78, 5) is 14.0. The number of anilines is 1. The summed E-state index contributed by atoms with van der Waals surface area (Å²) in [5.41, 5.74) is 1.33. The van der Waals surface area contributed by atoms with Crippen LogP contribution in [0, 0.1) is 0 Å². The van der Waals surface area contributed by atoms with Gasteiger partial charge in [-0.3, -0.25) is 10.1 Å². The lowest BCUT2D eigenvalue weighted by molar-refractivity contribution is 0.102. The Bertz CT molecular complexity index is 1200. The molecule has 0 radical (unpaired) electrons. The highest BCUT2D eigenvalue weighted by molar-refractivity contribution is 7.99. The van der Waals surface area contributed by atoms with Crippen LogP contribution in [-0.2, 0) is 16.4 Å². The van der Waals surface area contributed by atoms with Crippen molar-refractivity contribution in [1.29, 1.82) is 0 Å². The van der Waals surface area contributed by atoms with Gasteiger partial charge in [-0.2, -0.15) is 4.31 Å². The fourth-order valence-corrected chi connectivity index (χ4v) is 5.72. The average Bonchev–Trinajstić information content (AvgIpc) is 3.32. The molecule has 0 saturated carbocycles. The molecular weight excluding hydrogens is 496 g/mol. The van der Waals surface area contributed by atoms with Crippen molar-refractivity contribution in [3.05, 3.63) is 65.5 Å². The Kier molecular flexibility index (Phi) is 10.5. The maximum absolute atomic E-state index is 13.1. The first-order chi connectivity index (χ1) is 17.4. The number of sulfonamides is 1. The third kappa shape index (κ3) is 7.65. The number of nitrogens with one attached hydrogen (secondary N) is 1. The third-order valence-corrected chi connectivity index (χ3v) is 8.36. The monoisotopic (exact) mass is 530 g/mol. The minimum atomic E-state index is -3.62. The van der Waals surface area contributed by atoms with E-state index in [0.717, 1.165) is 37.0 Å². The minimum Gasteiger partial charge on any atom is -0.407 e. The first kappa shape index (κ1) is 27.9. The van der Waals surface area contributed by atoms with Crippen molar-refractivity contribution in [3.8, 4) is 0 Å². The van der Waals surface area contributed by atoms with E-state index >= 15 is 0 Å². The SMILES string of the molecule is CCCCN(CCCC)S(=O)(=O)c1ccc(C(=O)Nc2nnc(Cc3ccc(SCC)cc3)o2)cc1. The summed E-state index contributed by atoms with van der Waals surface area (Å²) in [5.74, 6) is 0.951. The summed E-state index contributed by atoms with van der Waals surface area (Å²) >= 11 is 1.77. The van der Waals surface area contributed by atoms with Gasteiger partial charge in [0, 0.05) is 23.5 Å². The molecule has 0 unspecified atom stereocenters. The van der Waals surface area contributed by atoms with Gasteiger partial charge in [0.25, 0.3) is 5.91 Å². The van der Waals surface area contributed by atoms with Crippen molar-refractivity contribution in [2.75, 3.05) is 24.2 Å². The van der Waals surface area contributed by atoms with Crippen LogP contribution >= 0.6 is 11.8 Å². The fourth-order valence-electron chi connectivity index (χ4n) is 3.54. The summed E-state index contributed by atoms with van der Waals surface area (Å²) in [6.07, 6.45) is 3.90. The van der Waals surface area contributed by atoms with E-state index < -0.39 is 15.9 Å². The highest BCUT2D eigenvalue weighted by atomic mass is 32.2. The summed E-state index contributed by atoms with van der Waals surface area (Å²) in [5, 5.41) is 10.5. The van der Waals surface area contributed by atoms with Gasteiger partial charge < -0.3 is 4.42 Å². The quantitative estimate of drug-likeness (QED) is 0.270. The Hall–Kier alpha value is -2.69. The van der Waals surface area contributed by atoms with E-state index in [0.29, 0.717) is 31.0 Å². The van der Waals surface area contributed by atoms with E-state index in [2.05, 4.69) is 34.6 Å². The summed E-state index contributed by atoms with van der Waals surface area (Å²) < 4.78 is 33.3. The fraction of sp³-hybridized carbons (Fsp3) is 0.423. The zero-order valence-electron chi connectivity index (χ0n) is 21.1. The van der Waals surface area contributed by atoms with Gasteiger partial charge in [0.15, 0.2) is 0 Å². The molecule has 0 aliphatic carbocycles. The van der Waals surface area contributed by atoms with Gasteiger partial charge in [0.1, 0.15) is 0 Å². The average molecular weight is 531 g/mol. The Morgan fingerprint density at radius 2 is 1.58 bits per heavy atom. The molecule has 2 aromatic carbocycles. The molecule has 0 bridgehead atoms. The van der Waals surface area contributed by atoms with Crippen LogP contribution in [0.15, 0.2) is 62.7 Å². The summed E-state index contributed by atoms with van der Waals surface area (Å²) in [6.45, 7) is 7.16. The van der Waals surface area contributed by atoms with Crippen molar-refractivity contribution >= 4 is 33.7 Å². The molecule has 8 nitrogen and oxygen atoms in total. The number of thioether (sulfide) groups is 1. The predicted octanol–water partition coefficient (Wildman–Crippen LogP) is 5.62. The lowest BCUT2D eigenvalue weighted by Crippen LogP contribution is -2.33. The first-order valence-corrected chi connectivity index (χ1v) is 14.8. The van der Waals surface area contributed by atoms with E-state index in [-0.39, 0.29) is 10.9 Å². The predicted molar refractivity (Wildman–Crippen MR) is 143 cm³/mol. The summed E-state index contributed by atoms with van der Waals surface area (Å²) in [7, 11) is -3.62. The highest BCUT2D eigenvalue weighted by Gasteiger charge is 2.24. The number of aromatic nitrogens is 2. The van der Waals surface area contributed by atoms with E-state index in [1.54, 1.807) is 11.8 Å². The van der Waals surface area contributed by atoms with Crippen LogP contribution < -0.4 is 5.32 Å². The molecule has 0 fully saturated rings.